The van der Waals surface area contributed by atoms with Crippen LogP contribution in [0.25, 0.3) is 22.1 Å². The molecule has 1 fully saturated rings. The largest absolute Gasteiger partial charge is 0.326 e. The van der Waals surface area contributed by atoms with Crippen LogP contribution in [-0.4, -0.2) is 44.1 Å². The lowest BCUT2D eigenvalue weighted by Gasteiger charge is -2.17. The van der Waals surface area contributed by atoms with Gasteiger partial charge in [0.25, 0.3) is 0 Å². The Balaban J connectivity index is 1.49. The molecule has 1 atom stereocenters. The minimum absolute atomic E-state index is 0.0740. The molecule has 0 spiro atoms. The molecule has 1 aliphatic rings. The van der Waals surface area contributed by atoms with Crippen molar-refractivity contribution in [3.8, 4) is 0 Å². The quantitative estimate of drug-likeness (QED) is 0.542. The van der Waals surface area contributed by atoms with Crippen molar-refractivity contribution >= 4 is 43.8 Å². The van der Waals surface area contributed by atoms with Crippen molar-refractivity contribution in [3.63, 3.8) is 0 Å². The van der Waals surface area contributed by atoms with Crippen molar-refractivity contribution in [2.75, 3.05) is 13.1 Å². The van der Waals surface area contributed by atoms with Gasteiger partial charge in [0, 0.05) is 13.1 Å². The SMILES string of the molecule is O=S(=O)(c1cccc2nsnc12)N1CCC(n2cnc3ccccc32)C1. The molecule has 0 radical (unpaired) electrons. The highest BCUT2D eigenvalue weighted by Crippen LogP contribution is 2.31. The third-order valence-corrected chi connectivity index (χ3v) is 7.31. The first kappa shape index (κ1) is 15.9. The molecule has 0 bridgehead atoms. The summed E-state index contributed by atoms with van der Waals surface area (Å²) in [6, 6.07) is 13.1. The predicted molar refractivity (Wildman–Crippen MR) is 99.6 cm³/mol. The normalized spacial score (nSPS) is 18.8. The summed E-state index contributed by atoms with van der Waals surface area (Å²) in [4.78, 5) is 4.66. The summed E-state index contributed by atoms with van der Waals surface area (Å²) in [6.07, 6.45) is 2.56. The maximum Gasteiger partial charge on any atom is 0.245 e. The van der Waals surface area contributed by atoms with E-state index in [2.05, 4.69) is 18.3 Å². The van der Waals surface area contributed by atoms with Crippen LogP contribution in [0.15, 0.2) is 53.7 Å². The highest BCUT2D eigenvalue weighted by molar-refractivity contribution is 7.89. The summed E-state index contributed by atoms with van der Waals surface area (Å²) in [5, 5.41) is 0. The molecule has 5 rings (SSSR count). The first-order valence-electron chi connectivity index (χ1n) is 8.27. The minimum atomic E-state index is -3.61. The zero-order valence-electron chi connectivity index (χ0n) is 13.7. The molecule has 2 aromatic heterocycles. The van der Waals surface area contributed by atoms with Crippen molar-refractivity contribution < 1.29 is 8.42 Å². The van der Waals surface area contributed by atoms with E-state index in [-0.39, 0.29) is 10.9 Å². The van der Waals surface area contributed by atoms with E-state index in [1.54, 1.807) is 28.8 Å². The molecule has 7 nitrogen and oxygen atoms in total. The highest BCUT2D eigenvalue weighted by Gasteiger charge is 2.35. The highest BCUT2D eigenvalue weighted by atomic mass is 32.2. The first-order chi connectivity index (χ1) is 12.6. The first-order valence-corrected chi connectivity index (χ1v) is 10.4. The second-order valence-electron chi connectivity index (χ2n) is 6.33. The molecule has 0 amide bonds. The van der Waals surface area contributed by atoms with E-state index >= 15 is 0 Å². The Kier molecular flexibility index (Phi) is 3.56. The van der Waals surface area contributed by atoms with Gasteiger partial charge in [-0.2, -0.15) is 13.1 Å². The number of hydrogen-bond acceptors (Lipinski definition) is 6. The molecule has 9 heteroatoms. The van der Waals surface area contributed by atoms with Crippen molar-refractivity contribution in [2.45, 2.75) is 17.4 Å². The summed E-state index contributed by atoms with van der Waals surface area (Å²) in [5.41, 5.74) is 3.02. The number of sulfonamides is 1. The monoisotopic (exact) mass is 385 g/mol. The molecule has 0 N–H and O–H groups in total. The standard InChI is InChI=1S/C17H15N5O2S2/c23-26(24,16-7-3-5-14-17(16)20-25-19-14)21-9-8-12(10-21)22-11-18-13-4-1-2-6-15(13)22/h1-7,11-12H,8-10H2. The van der Waals surface area contributed by atoms with Gasteiger partial charge in [0.2, 0.25) is 10.0 Å². The molecule has 26 heavy (non-hydrogen) atoms. The Morgan fingerprint density at radius 2 is 1.88 bits per heavy atom. The van der Waals surface area contributed by atoms with Crippen molar-refractivity contribution in [1.29, 1.82) is 0 Å². The summed E-state index contributed by atoms with van der Waals surface area (Å²) < 4.78 is 38.3. The summed E-state index contributed by atoms with van der Waals surface area (Å²) in [7, 11) is -3.61. The third kappa shape index (κ3) is 2.35. The zero-order valence-corrected chi connectivity index (χ0v) is 15.3. The molecule has 1 saturated heterocycles. The second kappa shape index (κ2) is 5.83. The molecule has 4 aromatic rings. The van der Waals surface area contributed by atoms with Crippen LogP contribution in [0.1, 0.15) is 12.5 Å². The van der Waals surface area contributed by atoms with Crippen LogP contribution in [0.4, 0.5) is 0 Å². The summed E-state index contributed by atoms with van der Waals surface area (Å²) in [6.45, 7) is 0.907. The fourth-order valence-corrected chi connectivity index (χ4v) is 5.80. The number of aromatic nitrogens is 4. The number of para-hydroxylation sites is 2. The fourth-order valence-electron chi connectivity index (χ4n) is 3.55. The maximum absolute atomic E-state index is 13.2. The number of rotatable bonds is 3. The third-order valence-electron chi connectivity index (χ3n) is 4.87. The Morgan fingerprint density at radius 1 is 1.04 bits per heavy atom. The molecule has 2 aromatic carbocycles. The zero-order chi connectivity index (χ0) is 17.7. The smallest absolute Gasteiger partial charge is 0.245 e. The topological polar surface area (TPSA) is 81.0 Å². The lowest BCUT2D eigenvalue weighted by molar-refractivity contribution is 0.455. The van der Waals surface area contributed by atoms with E-state index in [1.807, 2.05) is 24.3 Å². The molecular weight excluding hydrogens is 370 g/mol. The van der Waals surface area contributed by atoms with E-state index in [0.717, 1.165) is 29.2 Å². The summed E-state index contributed by atoms with van der Waals surface area (Å²) in [5.74, 6) is 0. The fraction of sp³-hybridized carbons (Fsp3) is 0.235. The number of benzene rings is 2. The van der Waals surface area contributed by atoms with Crippen LogP contribution < -0.4 is 0 Å². The Labute approximate surface area is 154 Å². The Hall–Kier alpha value is -2.36. The van der Waals surface area contributed by atoms with Gasteiger partial charge in [0.15, 0.2) is 0 Å². The molecule has 0 saturated carbocycles. The average molecular weight is 385 g/mol. The average Bonchev–Trinajstić information content (AvgIpc) is 3.38. The van der Waals surface area contributed by atoms with Crippen molar-refractivity contribution in [2.24, 2.45) is 0 Å². The van der Waals surface area contributed by atoms with Gasteiger partial charge in [-0.3, -0.25) is 0 Å². The van der Waals surface area contributed by atoms with E-state index in [4.69, 9.17) is 0 Å². The van der Waals surface area contributed by atoms with Gasteiger partial charge in [0.1, 0.15) is 15.9 Å². The summed E-state index contributed by atoms with van der Waals surface area (Å²) >= 11 is 1.03. The minimum Gasteiger partial charge on any atom is -0.326 e. The molecule has 1 unspecified atom stereocenters. The van der Waals surface area contributed by atoms with Gasteiger partial charge in [0.05, 0.1) is 35.1 Å². The van der Waals surface area contributed by atoms with Crippen LogP contribution in [0.3, 0.4) is 0 Å². The molecular formula is C17H15N5O2S2. The Morgan fingerprint density at radius 3 is 2.81 bits per heavy atom. The maximum atomic E-state index is 13.2. The molecule has 0 aliphatic carbocycles. The molecule has 3 heterocycles. The van der Waals surface area contributed by atoms with Gasteiger partial charge in [-0.25, -0.2) is 13.4 Å². The van der Waals surface area contributed by atoms with Crippen LogP contribution in [0, 0.1) is 0 Å². The lowest BCUT2D eigenvalue weighted by atomic mass is 10.2. The van der Waals surface area contributed by atoms with Gasteiger partial charge < -0.3 is 4.57 Å². The van der Waals surface area contributed by atoms with Crippen LogP contribution in [0.2, 0.25) is 0 Å². The van der Waals surface area contributed by atoms with Crippen LogP contribution in [0.5, 0.6) is 0 Å². The molecule has 132 valence electrons. The van der Waals surface area contributed by atoms with Gasteiger partial charge in [-0.05, 0) is 30.7 Å². The van der Waals surface area contributed by atoms with E-state index < -0.39 is 10.0 Å². The van der Waals surface area contributed by atoms with Gasteiger partial charge >= 0.3 is 0 Å². The van der Waals surface area contributed by atoms with Crippen LogP contribution in [-0.2, 0) is 10.0 Å². The van der Waals surface area contributed by atoms with Gasteiger partial charge in [-0.1, -0.05) is 18.2 Å². The van der Waals surface area contributed by atoms with E-state index in [0.29, 0.717) is 24.1 Å². The van der Waals surface area contributed by atoms with Crippen molar-refractivity contribution in [1.82, 2.24) is 22.6 Å². The second-order valence-corrected chi connectivity index (χ2v) is 8.77. The van der Waals surface area contributed by atoms with E-state index in [9.17, 15) is 8.42 Å². The number of imidazole rings is 1. The lowest BCUT2D eigenvalue weighted by Crippen LogP contribution is -2.29. The van der Waals surface area contributed by atoms with Crippen molar-refractivity contribution in [3.05, 3.63) is 48.8 Å². The number of nitrogens with zero attached hydrogens (tertiary/aromatic N) is 5. The Bertz CT molecular complexity index is 1210. The number of fused-ring (bicyclic) bond motifs is 2. The predicted octanol–water partition coefficient (Wildman–Crippen LogP) is 2.68. The van der Waals surface area contributed by atoms with Gasteiger partial charge in [-0.15, -0.1) is 0 Å². The number of hydrogen-bond donors (Lipinski definition) is 0. The van der Waals surface area contributed by atoms with Crippen LogP contribution >= 0.6 is 11.7 Å². The van der Waals surface area contributed by atoms with E-state index in [1.165, 1.54) is 0 Å². The molecule has 1 aliphatic heterocycles.